The maximum Gasteiger partial charge on any atom is 0.326 e. The van der Waals surface area contributed by atoms with Crippen LogP contribution in [0.5, 0.6) is 0 Å². The van der Waals surface area contributed by atoms with Gasteiger partial charge >= 0.3 is 5.69 Å². The molecular formula is C48H52N6O6. The van der Waals surface area contributed by atoms with Crippen LogP contribution in [0, 0.1) is 0 Å². The Morgan fingerprint density at radius 2 is 1.50 bits per heavy atom. The van der Waals surface area contributed by atoms with E-state index in [-0.39, 0.29) is 55.2 Å². The lowest BCUT2D eigenvalue weighted by atomic mass is 9.97. The number of nitrogens with zero attached hydrogens (tertiary/aromatic N) is 2. The van der Waals surface area contributed by atoms with Crippen molar-refractivity contribution in [3.63, 3.8) is 0 Å². The van der Waals surface area contributed by atoms with Crippen molar-refractivity contribution in [1.29, 1.82) is 0 Å². The van der Waals surface area contributed by atoms with Gasteiger partial charge in [0.25, 0.3) is 0 Å². The Morgan fingerprint density at radius 1 is 0.800 bits per heavy atom. The third kappa shape index (κ3) is 9.69. The van der Waals surface area contributed by atoms with Crippen molar-refractivity contribution >= 4 is 34.2 Å². The van der Waals surface area contributed by atoms with Crippen LogP contribution in [0.3, 0.4) is 0 Å². The number of carbonyl (C=O) groups is 2. The molecule has 6 aromatic rings. The maximum atomic E-state index is 12.9. The number of nitrogen functional groups attached to an aromatic ring is 1. The normalized spacial score (nSPS) is 18.6. The second-order valence-electron chi connectivity index (χ2n) is 15.7. The number of aromatic amines is 1. The molecule has 60 heavy (non-hydrogen) atoms. The average molecular weight is 809 g/mol. The molecule has 6 N–H and O–H groups in total. The minimum Gasteiger partial charge on any atom is -0.397 e. The van der Waals surface area contributed by atoms with E-state index in [2.05, 4.69) is 32.7 Å². The molecule has 0 radical (unpaired) electrons. The Balaban J connectivity index is 0.896. The fraction of sp³-hybridized carbons (Fsp3) is 0.312. The van der Waals surface area contributed by atoms with E-state index in [0.29, 0.717) is 30.8 Å². The SMILES string of the molecule is Nc1ccccc1NC(=O)CCCC(=O)NCc1ccccc1-c1ccc([C@H]2O[C@@H](CN3CCC(n4c(=O)[nH]c5ccccc54)CC3)C[C@@H](c3ccc(CO)cc3)O2)cc1. The first-order valence-electron chi connectivity index (χ1n) is 20.8. The Kier molecular flexibility index (Phi) is 12.8. The highest BCUT2D eigenvalue weighted by Gasteiger charge is 2.34. The quantitative estimate of drug-likeness (QED) is 0.0712. The number of hydrogen-bond acceptors (Lipinski definition) is 8. The molecule has 0 spiro atoms. The third-order valence-corrected chi connectivity index (χ3v) is 11.7. The molecule has 1 aromatic heterocycles. The summed E-state index contributed by atoms with van der Waals surface area (Å²) >= 11 is 0. The smallest absolute Gasteiger partial charge is 0.326 e. The maximum absolute atomic E-state index is 12.9. The van der Waals surface area contributed by atoms with Gasteiger partial charge in [-0.3, -0.25) is 14.2 Å². The lowest BCUT2D eigenvalue weighted by molar-refractivity contribution is -0.253. The topological polar surface area (TPSA) is 164 Å². The Morgan fingerprint density at radius 3 is 2.28 bits per heavy atom. The molecule has 3 heterocycles. The van der Waals surface area contributed by atoms with Crippen molar-refractivity contribution in [1.82, 2.24) is 19.8 Å². The van der Waals surface area contributed by atoms with Crippen LogP contribution in [0.4, 0.5) is 11.4 Å². The van der Waals surface area contributed by atoms with Gasteiger partial charge in [0.2, 0.25) is 11.8 Å². The Bertz CT molecular complexity index is 2450. The Labute approximate surface area is 349 Å². The number of aliphatic hydroxyl groups excluding tert-OH is 1. The highest BCUT2D eigenvalue weighted by atomic mass is 16.7. The molecule has 0 saturated carbocycles. The molecule has 2 aliphatic rings. The largest absolute Gasteiger partial charge is 0.397 e. The molecule has 0 aliphatic carbocycles. The molecule has 12 nitrogen and oxygen atoms in total. The number of nitrogens with one attached hydrogen (secondary N) is 3. The second kappa shape index (κ2) is 18.9. The van der Waals surface area contributed by atoms with Crippen LogP contribution in [-0.2, 0) is 32.2 Å². The lowest BCUT2D eigenvalue weighted by Crippen LogP contribution is -2.43. The molecule has 310 valence electrons. The summed E-state index contributed by atoms with van der Waals surface area (Å²) in [6, 6.07) is 39.2. The predicted molar refractivity (Wildman–Crippen MR) is 233 cm³/mol. The number of aliphatic hydroxyl groups is 1. The van der Waals surface area contributed by atoms with Gasteiger partial charge in [0, 0.05) is 57.0 Å². The number of anilines is 2. The number of rotatable bonds is 14. The van der Waals surface area contributed by atoms with Gasteiger partial charge in [0.05, 0.1) is 41.2 Å². The number of amides is 2. The van der Waals surface area contributed by atoms with Gasteiger partial charge < -0.3 is 40.8 Å². The van der Waals surface area contributed by atoms with Gasteiger partial charge in [-0.15, -0.1) is 0 Å². The third-order valence-electron chi connectivity index (χ3n) is 11.7. The van der Waals surface area contributed by atoms with Crippen LogP contribution in [0.2, 0.25) is 0 Å². The van der Waals surface area contributed by atoms with Gasteiger partial charge in [-0.2, -0.15) is 0 Å². The molecule has 5 aromatic carbocycles. The number of likely N-dealkylation sites (tertiary alicyclic amines) is 1. The number of hydrogen-bond donors (Lipinski definition) is 5. The van der Waals surface area contributed by atoms with Crippen LogP contribution in [0.25, 0.3) is 22.2 Å². The summed E-state index contributed by atoms with van der Waals surface area (Å²) in [5.74, 6) is -0.304. The average Bonchev–Trinajstić information content (AvgIpc) is 3.62. The van der Waals surface area contributed by atoms with Crippen molar-refractivity contribution < 1.29 is 24.2 Å². The number of carbonyl (C=O) groups excluding carboxylic acids is 2. The van der Waals surface area contributed by atoms with Crippen molar-refractivity contribution in [2.75, 3.05) is 30.7 Å². The number of H-pyrrole nitrogens is 1. The van der Waals surface area contributed by atoms with E-state index >= 15 is 0 Å². The standard InChI is InChI=1S/C48H52N6O6/c49-40-10-3-4-11-41(40)51-46(57)15-7-14-45(56)50-29-36-8-1-2-9-39(36)33-20-22-35(23-21-33)47-59-38(28-44(60-47)34-18-16-32(31-55)17-19-34)30-53-26-24-37(25-27-53)54-43-13-6-5-12-42(43)52-48(54)58/h1-6,8-13,16-23,37-38,44,47,55H,7,14-15,24-31,49H2,(H,50,56)(H,51,57)(H,52,58)/t38-,44+,47+/m1/s1. The molecular weight excluding hydrogens is 757 g/mol. The summed E-state index contributed by atoms with van der Waals surface area (Å²) in [4.78, 5) is 43.5. The Hall–Kier alpha value is -6.05. The van der Waals surface area contributed by atoms with E-state index < -0.39 is 6.29 Å². The number of ether oxygens (including phenoxy) is 2. The highest BCUT2D eigenvalue weighted by Crippen LogP contribution is 2.39. The van der Waals surface area contributed by atoms with Crippen molar-refractivity contribution in [3.8, 4) is 11.1 Å². The van der Waals surface area contributed by atoms with E-state index in [0.717, 1.165) is 76.9 Å². The zero-order valence-corrected chi connectivity index (χ0v) is 33.6. The number of aromatic nitrogens is 2. The molecule has 12 heteroatoms. The molecule has 2 amide bonds. The minimum absolute atomic E-state index is 0.0190. The van der Waals surface area contributed by atoms with E-state index in [4.69, 9.17) is 15.2 Å². The summed E-state index contributed by atoms with van der Waals surface area (Å²) in [5, 5.41) is 15.5. The van der Waals surface area contributed by atoms with E-state index in [1.807, 2.05) is 95.6 Å². The molecule has 2 aliphatic heterocycles. The fourth-order valence-corrected chi connectivity index (χ4v) is 8.41. The first-order valence-corrected chi connectivity index (χ1v) is 20.8. The number of para-hydroxylation sites is 4. The monoisotopic (exact) mass is 808 g/mol. The van der Waals surface area contributed by atoms with E-state index in [9.17, 15) is 19.5 Å². The molecule has 2 fully saturated rings. The summed E-state index contributed by atoms with van der Waals surface area (Å²) in [5.41, 5.74) is 14.5. The van der Waals surface area contributed by atoms with Crippen molar-refractivity contribution in [3.05, 3.63) is 154 Å². The van der Waals surface area contributed by atoms with Gasteiger partial charge in [0.15, 0.2) is 6.29 Å². The second-order valence-corrected chi connectivity index (χ2v) is 15.7. The predicted octanol–water partition coefficient (Wildman–Crippen LogP) is 7.38. The zero-order valence-electron chi connectivity index (χ0n) is 33.6. The number of fused-ring (bicyclic) bond motifs is 1. The highest BCUT2D eigenvalue weighted by molar-refractivity contribution is 5.94. The summed E-state index contributed by atoms with van der Waals surface area (Å²) in [6.07, 6.45) is 2.40. The molecule has 0 unspecified atom stereocenters. The van der Waals surface area contributed by atoms with Crippen LogP contribution in [-0.4, -0.2) is 57.1 Å². The van der Waals surface area contributed by atoms with Crippen LogP contribution < -0.4 is 22.1 Å². The van der Waals surface area contributed by atoms with Crippen LogP contribution in [0.15, 0.2) is 126 Å². The van der Waals surface area contributed by atoms with Gasteiger partial charge in [-0.05, 0) is 71.3 Å². The molecule has 8 rings (SSSR count). The summed E-state index contributed by atoms with van der Waals surface area (Å²) in [7, 11) is 0. The molecule has 3 atom stereocenters. The van der Waals surface area contributed by atoms with Gasteiger partial charge in [-0.1, -0.05) is 97.1 Å². The number of benzene rings is 5. The molecule has 0 bridgehead atoms. The first-order chi connectivity index (χ1) is 29.3. The zero-order chi connectivity index (χ0) is 41.4. The first kappa shape index (κ1) is 40.7. The number of nitrogens with two attached hydrogens (primary N) is 1. The van der Waals surface area contributed by atoms with Crippen molar-refractivity contribution in [2.45, 2.75) is 76.2 Å². The lowest BCUT2D eigenvalue weighted by Gasteiger charge is -2.40. The number of piperidine rings is 1. The fourth-order valence-electron chi connectivity index (χ4n) is 8.41. The van der Waals surface area contributed by atoms with Crippen molar-refractivity contribution in [2.24, 2.45) is 0 Å². The number of imidazole rings is 1. The van der Waals surface area contributed by atoms with Gasteiger partial charge in [-0.25, -0.2) is 4.79 Å². The van der Waals surface area contributed by atoms with E-state index in [1.54, 1.807) is 18.2 Å². The van der Waals surface area contributed by atoms with Crippen LogP contribution in [0.1, 0.15) is 79.2 Å². The summed E-state index contributed by atoms with van der Waals surface area (Å²) in [6.45, 7) is 2.79. The molecule has 2 saturated heterocycles. The van der Waals surface area contributed by atoms with Gasteiger partial charge in [0.1, 0.15) is 0 Å². The van der Waals surface area contributed by atoms with E-state index in [1.165, 1.54) is 0 Å². The minimum atomic E-state index is -0.593. The summed E-state index contributed by atoms with van der Waals surface area (Å²) < 4.78 is 15.3. The van der Waals surface area contributed by atoms with Crippen LogP contribution >= 0.6 is 0 Å².